The molecule has 2 aromatic rings. The third-order valence-corrected chi connectivity index (χ3v) is 5.94. The van der Waals surface area contributed by atoms with E-state index < -0.39 is 41.4 Å². The minimum Gasteiger partial charge on any atom is -0.496 e. The summed E-state index contributed by atoms with van der Waals surface area (Å²) in [5, 5.41) is 9.56. The molecule has 1 atom stereocenters. The number of benzene rings is 2. The first-order valence-electron chi connectivity index (χ1n) is 10.2. The third-order valence-electron chi connectivity index (χ3n) is 5.94. The maximum atomic E-state index is 13.3. The number of aliphatic hydroxyl groups is 1. The van der Waals surface area contributed by atoms with Crippen LogP contribution in [0.5, 0.6) is 5.75 Å². The molecular formula is C23H23F6NO3. The predicted molar refractivity (Wildman–Crippen MR) is 107 cm³/mol. The molecule has 0 saturated carbocycles. The molecule has 3 rings (SSSR count). The average Bonchev–Trinajstić information content (AvgIpc) is 3.02. The lowest BCUT2D eigenvalue weighted by Crippen LogP contribution is -2.37. The average molecular weight is 475 g/mol. The van der Waals surface area contributed by atoms with E-state index >= 15 is 0 Å². The second kappa shape index (κ2) is 9.24. The van der Waals surface area contributed by atoms with E-state index in [4.69, 9.17) is 4.74 Å². The van der Waals surface area contributed by atoms with Crippen molar-refractivity contribution in [2.24, 2.45) is 5.41 Å². The molecule has 0 aliphatic carbocycles. The molecule has 4 nitrogen and oxygen atoms in total. The first-order valence-corrected chi connectivity index (χ1v) is 10.2. The number of hydrogen-bond donors (Lipinski definition) is 1. The number of alkyl halides is 6. The van der Waals surface area contributed by atoms with Crippen molar-refractivity contribution in [3.05, 3.63) is 64.7 Å². The topological polar surface area (TPSA) is 49.8 Å². The summed E-state index contributed by atoms with van der Waals surface area (Å²) in [5.41, 5.74) is -3.70. The summed E-state index contributed by atoms with van der Waals surface area (Å²) < 4.78 is 84.8. The fourth-order valence-electron chi connectivity index (χ4n) is 4.29. The quantitative estimate of drug-likeness (QED) is 0.569. The highest BCUT2D eigenvalue weighted by Crippen LogP contribution is 2.42. The highest BCUT2D eigenvalue weighted by molar-refractivity contribution is 5.85. The number of likely N-dealkylation sites (tertiary alicyclic amines) is 1. The molecule has 1 heterocycles. The fraction of sp³-hybridized carbons (Fsp3) is 0.435. The standard InChI is InChI=1S/C23H23F6NO3/c1-33-19-5-3-2-4-16(19)14-30-8-6-21(7-9-31,20(30)32)13-15-10-17(22(24,25)26)12-18(11-15)23(27,28)29/h2-5,10-12,31H,6-9,13-14H2,1H3. The van der Waals surface area contributed by atoms with Gasteiger partial charge in [-0.3, -0.25) is 4.79 Å². The Morgan fingerprint density at radius 2 is 1.64 bits per heavy atom. The monoisotopic (exact) mass is 475 g/mol. The van der Waals surface area contributed by atoms with E-state index in [1.165, 1.54) is 12.0 Å². The Morgan fingerprint density at radius 3 is 2.18 bits per heavy atom. The smallest absolute Gasteiger partial charge is 0.416 e. The van der Waals surface area contributed by atoms with E-state index in [0.29, 0.717) is 23.4 Å². The summed E-state index contributed by atoms with van der Waals surface area (Å²) >= 11 is 0. The normalized spacial score (nSPS) is 19.3. The van der Waals surface area contributed by atoms with Crippen molar-refractivity contribution in [2.75, 3.05) is 20.3 Å². The van der Waals surface area contributed by atoms with E-state index in [2.05, 4.69) is 0 Å². The molecule has 1 N–H and O–H groups in total. The van der Waals surface area contributed by atoms with Crippen molar-refractivity contribution < 1.29 is 41.0 Å². The predicted octanol–water partition coefficient (Wildman–Crippen LogP) is 5.08. The van der Waals surface area contributed by atoms with Crippen LogP contribution in [-0.2, 0) is 30.1 Å². The third kappa shape index (κ3) is 5.43. The van der Waals surface area contributed by atoms with Crippen molar-refractivity contribution in [3.8, 4) is 5.75 Å². The lowest BCUT2D eigenvalue weighted by Gasteiger charge is -2.28. The molecule has 0 radical (unpaired) electrons. The zero-order valence-electron chi connectivity index (χ0n) is 17.8. The Morgan fingerprint density at radius 1 is 1.03 bits per heavy atom. The van der Waals surface area contributed by atoms with Crippen molar-refractivity contribution in [2.45, 2.75) is 38.2 Å². The lowest BCUT2D eigenvalue weighted by atomic mass is 9.77. The number of methoxy groups -OCH3 is 1. The Bertz CT molecular complexity index is 972. The summed E-state index contributed by atoms with van der Waals surface area (Å²) in [6.07, 6.45) is -10.2. The molecule has 1 fully saturated rings. The second-order valence-electron chi connectivity index (χ2n) is 8.13. The maximum absolute atomic E-state index is 13.3. The number of nitrogens with zero attached hydrogens (tertiary/aromatic N) is 1. The summed E-state index contributed by atoms with van der Waals surface area (Å²) in [6.45, 7) is -0.00623. The van der Waals surface area contributed by atoms with Gasteiger partial charge in [0.1, 0.15) is 5.75 Å². The summed E-state index contributed by atoms with van der Waals surface area (Å²) in [7, 11) is 1.48. The zero-order chi connectivity index (χ0) is 24.4. The highest BCUT2D eigenvalue weighted by atomic mass is 19.4. The van der Waals surface area contributed by atoms with Crippen LogP contribution >= 0.6 is 0 Å². The van der Waals surface area contributed by atoms with Gasteiger partial charge in [-0.1, -0.05) is 18.2 Å². The summed E-state index contributed by atoms with van der Waals surface area (Å²) in [6, 6.07) is 8.36. The van der Waals surface area contributed by atoms with Crippen LogP contribution in [0.4, 0.5) is 26.3 Å². The Kier molecular flexibility index (Phi) is 6.97. The van der Waals surface area contributed by atoms with Gasteiger partial charge in [-0.25, -0.2) is 0 Å². The van der Waals surface area contributed by atoms with Crippen LogP contribution in [0.15, 0.2) is 42.5 Å². The molecule has 1 amide bonds. The first kappa shape index (κ1) is 24.9. The fourth-order valence-corrected chi connectivity index (χ4v) is 4.29. The van der Waals surface area contributed by atoms with Crippen LogP contribution in [-0.4, -0.2) is 36.2 Å². The molecule has 0 bridgehead atoms. The van der Waals surface area contributed by atoms with Crippen LogP contribution in [0.1, 0.15) is 35.1 Å². The van der Waals surface area contributed by atoms with Crippen molar-refractivity contribution in [1.29, 1.82) is 0 Å². The van der Waals surface area contributed by atoms with Crippen molar-refractivity contribution in [3.63, 3.8) is 0 Å². The van der Waals surface area contributed by atoms with Gasteiger partial charge in [-0.05, 0) is 49.1 Å². The van der Waals surface area contributed by atoms with E-state index in [1.807, 2.05) is 0 Å². The van der Waals surface area contributed by atoms with Gasteiger partial charge in [0, 0.05) is 25.3 Å². The largest absolute Gasteiger partial charge is 0.496 e. The van der Waals surface area contributed by atoms with Crippen LogP contribution in [0.25, 0.3) is 0 Å². The Hall–Kier alpha value is -2.75. The number of para-hydroxylation sites is 1. The molecule has 0 spiro atoms. The van der Waals surface area contributed by atoms with Gasteiger partial charge in [0.15, 0.2) is 0 Å². The van der Waals surface area contributed by atoms with Gasteiger partial charge in [0.25, 0.3) is 0 Å². The number of halogens is 6. The van der Waals surface area contributed by atoms with Gasteiger partial charge in [0.2, 0.25) is 5.91 Å². The number of carbonyl (C=O) groups is 1. The van der Waals surface area contributed by atoms with Crippen molar-refractivity contribution >= 4 is 5.91 Å². The number of amides is 1. The first-order chi connectivity index (χ1) is 15.4. The number of hydrogen-bond acceptors (Lipinski definition) is 3. The van der Waals surface area contributed by atoms with E-state index in [-0.39, 0.29) is 44.0 Å². The van der Waals surface area contributed by atoms with E-state index in [1.54, 1.807) is 24.3 Å². The molecule has 2 aromatic carbocycles. The molecule has 0 aromatic heterocycles. The number of aliphatic hydroxyl groups excluding tert-OH is 1. The van der Waals surface area contributed by atoms with Gasteiger partial charge < -0.3 is 14.7 Å². The highest BCUT2D eigenvalue weighted by Gasteiger charge is 2.47. The molecule has 1 aliphatic rings. The molecule has 33 heavy (non-hydrogen) atoms. The molecule has 1 saturated heterocycles. The van der Waals surface area contributed by atoms with Gasteiger partial charge in [-0.2, -0.15) is 26.3 Å². The molecule has 180 valence electrons. The Balaban J connectivity index is 1.94. The Labute approximate surface area is 186 Å². The van der Waals surface area contributed by atoms with E-state index in [9.17, 15) is 36.2 Å². The van der Waals surface area contributed by atoms with Gasteiger partial charge in [-0.15, -0.1) is 0 Å². The minimum atomic E-state index is -4.98. The maximum Gasteiger partial charge on any atom is 0.416 e. The molecule has 1 aliphatic heterocycles. The summed E-state index contributed by atoms with van der Waals surface area (Å²) in [5.74, 6) is 0.131. The number of carbonyl (C=O) groups excluding carboxylic acids is 1. The van der Waals surface area contributed by atoms with Gasteiger partial charge >= 0.3 is 12.4 Å². The van der Waals surface area contributed by atoms with Crippen LogP contribution in [0, 0.1) is 5.41 Å². The minimum absolute atomic E-state index is 0.0622. The van der Waals surface area contributed by atoms with Gasteiger partial charge in [0.05, 0.1) is 23.7 Å². The van der Waals surface area contributed by atoms with Crippen molar-refractivity contribution in [1.82, 2.24) is 4.90 Å². The molecular weight excluding hydrogens is 452 g/mol. The van der Waals surface area contributed by atoms with Crippen LogP contribution < -0.4 is 4.74 Å². The van der Waals surface area contributed by atoms with E-state index in [0.717, 1.165) is 0 Å². The molecule has 10 heteroatoms. The van der Waals surface area contributed by atoms with Crippen LogP contribution in [0.2, 0.25) is 0 Å². The lowest BCUT2D eigenvalue weighted by molar-refractivity contribution is -0.143. The van der Waals surface area contributed by atoms with Crippen LogP contribution in [0.3, 0.4) is 0 Å². The number of ether oxygens (including phenoxy) is 1. The molecule has 1 unspecified atom stereocenters. The summed E-state index contributed by atoms with van der Waals surface area (Å²) in [4.78, 5) is 14.8. The second-order valence-corrected chi connectivity index (χ2v) is 8.13. The number of rotatable bonds is 7. The zero-order valence-corrected chi connectivity index (χ0v) is 17.8. The SMILES string of the molecule is COc1ccccc1CN1CCC(CCO)(Cc2cc(C(F)(F)F)cc(C(F)(F)F)c2)C1=O.